The Hall–Kier alpha value is -1.62. The van der Waals surface area contributed by atoms with Gasteiger partial charge >= 0.3 is 0 Å². The van der Waals surface area contributed by atoms with E-state index in [0.29, 0.717) is 6.61 Å². The van der Waals surface area contributed by atoms with Crippen LogP contribution >= 0.6 is 0 Å². The van der Waals surface area contributed by atoms with E-state index in [1.807, 2.05) is 62.4 Å². The Bertz CT molecular complexity index is 496. The standard InChI is InChI=1S/C16H23N3O/c1-12(2)19-16(18)10-14(8-9-15(16)17)20-11-13-6-4-3-5-7-13/h3-10,12,15,19H,11,17-18H2,1-2H3. The monoisotopic (exact) mass is 273 g/mol. The molecule has 0 saturated heterocycles. The van der Waals surface area contributed by atoms with Crippen molar-refractivity contribution in [1.82, 2.24) is 5.32 Å². The molecule has 4 heteroatoms. The lowest BCUT2D eigenvalue weighted by Crippen LogP contribution is -2.65. The Kier molecular flexibility index (Phi) is 4.60. The lowest BCUT2D eigenvalue weighted by molar-refractivity contribution is 0.200. The zero-order chi connectivity index (χ0) is 14.6. The number of ether oxygens (including phenoxy) is 1. The van der Waals surface area contributed by atoms with E-state index in [4.69, 9.17) is 16.2 Å². The summed E-state index contributed by atoms with van der Waals surface area (Å²) < 4.78 is 5.79. The second-order valence-electron chi connectivity index (χ2n) is 5.44. The van der Waals surface area contributed by atoms with Gasteiger partial charge in [0.05, 0.1) is 6.04 Å². The minimum absolute atomic E-state index is 0.240. The number of benzene rings is 1. The van der Waals surface area contributed by atoms with Gasteiger partial charge in [0, 0.05) is 6.04 Å². The highest BCUT2D eigenvalue weighted by Crippen LogP contribution is 2.19. The summed E-state index contributed by atoms with van der Waals surface area (Å²) in [6.07, 6.45) is 5.61. The van der Waals surface area contributed by atoms with Gasteiger partial charge in [-0.25, -0.2) is 0 Å². The first-order valence-corrected chi connectivity index (χ1v) is 6.89. The van der Waals surface area contributed by atoms with Crippen LogP contribution in [0.5, 0.6) is 0 Å². The molecule has 1 aliphatic rings. The van der Waals surface area contributed by atoms with Crippen molar-refractivity contribution in [2.24, 2.45) is 11.5 Å². The SMILES string of the molecule is CC(C)NC1(N)C=C(OCc2ccccc2)C=CC1N. The summed E-state index contributed by atoms with van der Waals surface area (Å²) in [7, 11) is 0. The van der Waals surface area contributed by atoms with Crippen molar-refractivity contribution >= 4 is 0 Å². The van der Waals surface area contributed by atoms with Crippen LogP contribution in [-0.4, -0.2) is 17.7 Å². The van der Waals surface area contributed by atoms with Gasteiger partial charge in [0.2, 0.25) is 0 Å². The maximum absolute atomic E-state index is 6.32. The molecule has 1 aliphatic carbocycles. The molecule has 2 rings (SSSR count). The van der Waals surface area contributed by atoms with Crippen LogP contribution in [-0.2, 0) is 11.3 Å². The van der Waals surface area contributed by atoms with Crippen molar-refractivity contribution in [1.29, 1.82) is 0 Å². The number of rotatable bonds is 5. The van der Waals surface area contributed by atoms with Gasteiger partial charge in [0.1, 0.15) is 18.0 Å². The Balaban J connectivity index is 2.04. The number of allylic oxidation sites excluding steroid dienone is 1. The average Bonchev–Trinajstić information content (AvgIpc) is 2.40. The van der Waals surface area contributed by atoms with E-state index in [1.54, 1.807) is 0 Å². The van der Waals surface area contributed by atoms with Crippen LogP contribution in [0.1, 0.15) is 19.4 Å². The second kappa shape index (κ2) is 6.22. The van der Waals surface area contributed by atoms with Crippen molar-refractivity contribution in [3.05, 3.63) is 59.9 Å². The predicted octanol–water partition coefficient (Wildman–Crippen LogP) is 1.64. The number of nitrogens with one attached hydrogen (secondary N) is 1. The van der Waals surface area contributed by atoms with E-state index in [9.17, 15) is 0 Å². The third kappa shape index (κ3) is 3.70. The first-order chi connectivity index (χ1) is 9.49. The molecule has 4 nitrogen and oxygen atoms in total. The maximum Gasteiger partial charge on any atom is 0.118 e. The largest absolute Gasteiger partial charge is 0.489 e. The van der Waals surface area contributed by atoms with Gasteiger partial charge in [-0.3, -0.25) is 5.32 Å². The average molecular weight is 273 g/mol. The Morgan fingerprint density at radius 2 is 2.00 bits per heavy atom. The quantitative estimate of drug-likeness (QED) is 0.713. The van der Waals surface area contributed by atoms with Crippen LogP contribution in [0, 0.1) is 0 Å². The summed E-state index contributed by atoms with van der Waals surface area (Å²) >= 11 is 0. The molecule has 0 fully saturated rings. The lowest BCUT2D eigenvalue weighted by Gasteiger charge is -2.36. The minimum Gasteiger partial charge on any atom is -0.489 e. The second-order valence-corrected chi connectivity index (χ2v) is 5.44. The van der Waals surface area contributed by atoms with Gasteiger partial charge in [-0.2, -0.15) is 0 Å². The number of hydrogen-bond donors (Lipinski definition) is 3. The van der Waals surface area contributed by atoms with Crippen molar-refractivity contribution in [2.75, 3.05) is 0 Å². The van der Waals surface area contributed by atoms with E-state index in [1.165, 1.54) is 0 Å². The van der Waals surface area contributed by atoms with E-state index < -0.39 is 5.66 Å². The van der Waals surface area contributed by atoms with E-state index in [-0.39, 0.29) is 12.1 Å². The summed E-state index contributed by atoms with van der Waals surface area (Å²) in [6.45, 7) is 4.60. The summed E-state index contributed by atoms with van der Waals surface area (Å²) in [5, 5.41) is 3.28. The van der Waals surface area contributed by atoms with Crippen molar-refractivity contribution in [3.63, 3.8) is 0 Å². The molecule has 2 atom stereocenters. The van der Waals surface area contributed by atoms with Crippen LogP contribution in [0.2, 0.25) is 0 Å². The van der Waals surface area contributed by atoms with Gasteiger partial charge in [-0.15, -0.1) is 0 Å². The molecule has 108 valence electrons. The van der Waals surface area contributed by atoms with Crippen molar-refractivity contribution in [3.8, 4) is 0 Å². The minimum atomic E-state index is -0.769. The van der Waals surface area contributed by atoms with E-state index >= 15 is 0 Å². The lowest BCUT2D eigenvalue weighted by atomic mass is 9.95. The van der Waals surface area contributed by atoms with E-state index in [2.05, 4.69) is 5.32 Å². The maximum atomic E-state index is 6.32. The zero-order valence-corrected chi connectivity index (χ0v) is 12.0. The van der Waals surface area contributed by atoms with Gasteiger partial charge in [0.25, 0.3) is 0 Å². The molecule has 0 saturated carbocycles. The van der Waals surface area contributed by atoms with Crippen LogP contribution in [0.3, 0.4) is 0 Å². The zero-order valence-electron chi connectivity index (χ0n) is 12.0. The Morgan fingerprint density at radius 3 is 2.65 bits per heavy atom. The van der Waals surface area contributed by atoms with Gasteiger partial charge in [0.15, 0.2) is 0 Å². The molecule has 0 spiro atoms. The summed E-state index contributed by atoms with van der Waals surface area (Å²) in [4.78, 5) is 0. The summed E-state index contributed by atoms with van der Waals surface area (Å²) in [5.41, 5.74) is 12.7. The molecule has 20 heavy (non-hydrogen) atoms. The smallest absolute Gasteiger partial charge is 0.118 e. The number of nitrogens with two attached hydrogens (primary N) is 2. The third-order valence-corrected chi connectivity index (χ3v) is 3.19. The Morgan fingerprint density at radius 1 is 1.30 bits per heavy atom. The van der Waals surface area contributed by atoms with Crippen LogP contribution < -0.4 is 16.8 Å². The molecular weight excluding hydrogens is 250 g/mol. The van der Waals surface area contributed by atoms with E-state index in [0.717, 1.165) is 11.3 Å². The molecule has 5 N–H and O–H groups in total. The molecular formula is C16H23N3O. The van der Waals surface area contributed by atoms with Crippen molar-refractivity contribution in [2.45, 2.75) is 38.2 Å². The highest BCUT2D eigenvalue weighted by Gasteiger charge is 2.32. The molecule has 0 amide bonds. The molecule has 0 bridgehead atoms. The molecule has 0 radical (unpaired) electrons. The summed E-state index contributed by atoms with van der Waals surface area (Å²) in [6, 6.07) is 10.0. The topological polar surface area (TPSA) is 73.3 Å². The molecule has 0 heterocycles. The van der Waals surface area contributed by atoms with Crippen LogP contribution in [0.25, 0.3) is 0 Å². The van der Waals surface area contributed by atoms with Crippen LogP contribution in [0.4, 0.5) is 0 Å². The fourth-order valence-electron chi connectivity index (χ4n) is 2.21. The Labute approximate surface area is 120 Å². The highest BCUT2D eigenvalue weighted by atomic mass is 16.5. The third-order valence-electron chi connectivity index (χ3n) is 3.19. The fraction of sp³-hybridized carbons (Fsp3) is 0.375. The first-order valence-electron chi connectivity index (χ1n) is 6.89. The van der Waals surface area contributed by atoms with Gasteiger partial charge < -0.3 is 16.2 Å². The van der Waals surface area contributed by atoms with Gasteiger partial charge in [-0.05, 0) is 31.6 Å². The molecule has 1 aromatic carbocycles. The summed E-state index contributed by atoms with van der Waals surface area (Å²) in [5.74, 6) is 0.742. The molecule has 0 aromatic heterocycles. The van der Waals surface area contributed by atoms with Crippen LogP contribution in [0.15, 0.2) is 54.3 Å². The highest BCUT2D eigenvalue weighted by molar-refractivity contribution is 5.30. The molecule has 0 aliphatic heterocycles. The van der Waals surface area contributed by atoms with Gasteiger partial charge in [-0.1, -0.05) is 36.4 Å². The fourth-order valence-corrected chi connectivity index (χ4v) is 2.21. The molecule has 2 unspecified atom stereocenters. The predicted molar refractivity (Wildman–Crippen MR) is 81.6 cm³/mol. The first kappa shape index (κ1) is 14.8. The molecule has 1 aromatic rings. The normalized spacial score (nSPS) is 25.6. The van der Waals surface area contributed by atoms with Crippen molar-refractivity contribution < 1.29 is 4.74 Å². The number of hydrogen-bond acceptors (Lipinski definition) is 4.